The predicted octanol–water partition coefficient (Wildman–Crippen LogP) is 2.03. The molecular formula is C14H25N5. The highest BCUT2D eigenvalue weighted by Gasteiger charge is 2.23. The first-order valence-electron chi connectivity index (χ1n) is 7.74. The Balaban J connectivity index is 1.61. The van der Waals surface area contributed by atoms with E-state index in [0.29, 0.717) is 11.8 Å². The van der Waals surface area contributed by atoms with E-state index in [0.717, 1.165) is 31.4 Å². The highest BCUT2D eigenvalue weighted by Crippen LogP contribution is 2.31. The number of hydrogen-bond donors (Lipinski definition) is 2. The third kappa shape index (κ3) is 2.91. The number of nitrogens with zero attached hydrogens (tertiary/aromatic N) is 3. The van der Waals surface area contributed by atoms with Crippen molar-refractivity contribution in [3.63, 3.8) is 0 Å². The molecule has 1 aliphatic heterocycles. The van der Waals surface area contributed by atoms with E-state index in [4.69, 9.17) is 10.7 Å². The Bertz CT molecular complexity index is 388. The second-order valence-corrected chi connectivity index (χ2v) is 6.02. The summed E-state index contributed by atoms with van der Waals surface area (Å²) in [5.74, 6) is 3.30. The summed E-state index contributed by atoms with van der Waals surface area (Å²) in [5, 5.41) is 7.59. The van der Waals surface area contributed by atoms with Gasteiger partial charge in [-0.15, -0.1) is 5.10 Å². The number of H-pyrrole nitrogens is 1. The fraction of sp³-hybridized carbons (Fsp3) is 0.857. The molecule has 1 aliphatic carbocycles. The Morgan fingerprint density at radius 2 is 1.84 bits per heavy atom. The molecule has 0 aromatic carbocycles. The van der Waals surface area contributed by atoms with Crippen LogP contribution in [0, 0.1) is 5.92 Å². The van der Waals surface area contributed by atoms with Crippen molar-refractivity contribution in [3.05, 3.63) is 5.82 Å². The number of nitrogens with two attached hydrogens (primary N) is 1. The average molecular weight is 263 g/mol. The smallest absolute Gasteiger partial charge is 0.244 e. The van der Waals surface area contributed by atoms with Gasteiger partial charge in [0.1, 0.15) is 5.82 Å². The van der Waals surface area contributed by atoms with Gasteiger partial charge in [-0.05, 0) is 38.1 Å². The van der Waals surface area contributed by atoms with Crippen molar-refractivity contribution in [2.75, 3.05) is 24.5 Å². The number of nitrogens with one attached hydrogen (secondary N) is 1. The van der Waals surface area contributed by atoms with Gasteiger partial charge in [0.05, 0.1) is 0 Å². The molecule has 1 aromatic heterocycles. The third-order valence-corrected chi connectivity index (χ3v) is 4.71. The summed E-state index contributed by atoms with van der Waals surface area (Å²) in [6.45, 7) is 2.91. The predicted molar refractivity (Wildman–Crippen MR) is 76.2 cm³/mol. The zero-order valence-corrected chi connectivity index (χ0v) is 11.6. The lowest BCUT2D eigenvalue weighted by Gasteiger charge is -2.30. The van der Waals surface area contributed by atoms with Crippen molar-refractivity contribution >= 4 is 5.95 Å². The number of aromatic amines is 1. The lowest BCUT2D eigenvalue weighted by molar-refractivity contribution is 0.411. The molecule has 3 N–H and O–H groups in total. The van der Waals surface area contributed by atoms with E-state index in [1.807, 2.05) is 0 Å². The van der Waals surface area contributed by atoms with Crippen LogP contribution in [0.15, 0.2) is 0 Å². The van der Waals surface area contributed by atoms with Crippen LogP contribution in [0.3, 0.4) is 0 Å². The van der Waals surface area contributed by atoms with Gasteiger partial charge in [-0.3, -0.25) is 5.10 Å². The Labute approximate surface area is 115 Å². The summed E-state index contributed by atoms with van der Waals surface area (Å²) in [5.41, 5.74) is 5.73. The quantitative estimate of drug-likeness (QED) is 0.875. The number of piperidine rings is 1. The first-order chi connectivity index (χ1) is 9.36. The number of rotatable bonds is 3. The lowest BCUT2D eigenvalue weighted by atomic mass is 9.89. The van der Waals surface area contributed by atoms with E-state index < -0.39 is 0 Å². The molecule has 2 heterocycles. The van der Waals surface area contributed by atoms with Crippen molar-refractivity contribution in [2.24, 2.45) is 11.7 Å². The van der Waals surface area contributed by atoms with Crippen molar-refractivity contribution in [3.8, 4) is 0 Å². The summed E-state index contributed by atoms with van der Waals surface area (Å²) in [6, 6.07) is 0. The minimum atomic E-state index is 0.608. The molecule has 0 radical (unpaired) electrons. The van der Waals surface area contributed by atoms with E-state index in [-0.39, 0.29) is 0 Å². The van der Waals surface area contributed by atoms with Crippen LogP contribution in [0.2, 0.25) is 0 Å². The first-order valence-corrected chi connectivity index (χ1v) is 7.74. The fourth-order valence-electron chi connectivity index (χ4n) is 3.33. The Hall–Kier alpha value is -1.10. The highest BCUT2D eigenvalue weighted by atomic mass is 15.4. The second kappa shape index (κ2) is 5.90. The maximum atomic E-state index is 5.73. The first kappa shape index (κ1) is 12.9. The van der Waals surface area contributed by atoms with Crippen molar-refractivity contribution in [1.82, 2.24) is 15.2 Å². The lowest BCUT2D eigenvalue weighted by Crippen LogP contribution is -2.36. The maximum Gasteiger partial charge on any atom is 0.244 e. The number of aromatic nitrogens is 3. The van der Waals surface area contributed by atoms with Gasteiger partial charge in [0.15, 0.2) is 0 Å². The molecule has 3 rings (SSSR count). The van der Waals surface area contributed by atoms with E-state index in [1.54, 1.807) is 0 Å². The van der Waals surface area contributed by atoms with E-state index in [2.05, 4.69) is 15.1 Å². The Morgan fingerprint density at radius 3 is 2.53 bits per heavy atom. The molecule has 0 atom stereocenters. The Kier molecular flexibility index (Phi) is 4.01. The molecule has 5 heteroatoms. The molecule has 0 unspecified atom stereocenters. The van der Waals surface area contributed by atoms with Crippen molar-refractivity contribution in [2.45, 2.75) is 50.9 Å². The molecule has 1 saturated carbocycles. The zero-order valence-electron chi connectivity index (χ0n) is 11.6. The van der Waals surface area contributed by atoms with Gasteiger partial charge >= 0.3 is 0 Å². The van der Waals surface area contributed by atoms with Crippen LogP contribution in [0.25, 0.3) is 0 Å². The van der Waals surface area contributed by atoms with E-state index >= 15 is 0 Å². The number of hydrogen-bond acceptors (Lipinski definition) is 4. The molecule has 0 amide bonds. The highest BCUT2D eigenvalue weighted by molar-refractivity contribution is 5.29. The average Bonchev–Trinajstić information content (AvgIpc) is 2.98. The molecule has 0 spiro atoms. The normalized spacial score (nSPS) is 22.9. The summed E-state index contributed by atoms with van der Waals surface area (Å²) in [4.78, 5) is 7.04. The molecule has 1 saturated heterocycles. The standard InChI is InChI=1S/C14H25N5/c15-10-11-6-8-19(9-7-11)14-16-13(17-18-14)12-4-2-1-3-5-12/h11-12H,1-10,15H2,(H,16,17,18). The fourth-order valence-corrected chi connectivity index (χ4v) is 3.33. The second-order valence-electron chi connectivity index (χ2n) is 6.02. The van der Waals surface area contributed by atoms with Crippen LogP contribution in [0.1, 0.15) is 56.7 Å². The van der Waals surface area contributed by atoms with Crippen molar-refractivity contribution < 1.29 is 0 Å². The summed E-state index contributed by atoms with van der Waals surface area (Å²) >= 11 is 0. The van der Waals surface area contributed by atoms with Gasteiger partial charge in [0.25, 0.3) is 0 Å². The monoisotopic (exact) mass is 263 g/mol. The summed E-state index contributed by atoms with van der Waals surface area (Å²) in [7, 11) is 0. The minimum absolute atomic E-state index is 0.608. The SMILES string of the molecule is NCC1CCN(c2n[nH]c(C3CCCCC3)n2)CC1. The molecule has 0 bridgehead atoms. The molecule has 19 heavy (non-hydrogen) atoms. The largest absolute Gasteiger partial charge is 0.340 e. The topological polar surface area (TPSA) is 70.8 Å². The van der Waals surface area contributed by atoms with Gasteiger partial charge in [0.2, 0.25) is 5.95 Å². The zero-order chi connectivity index (χ0) is 13.1. The van der Waals surface area contributed by atoms with Gasteiger partial charge in [-0.2, -0.15) is 4.98 Å². The minimum Gasteiger partial charge on any atom is -0.340 e. The van der Waals surface area contributed by atoms with Crippen LogP contribution in [0.5, 0.6) is 0 Å². The van der Waals surface area contributed by atoms with Crippen LogP contribution < -0.4 is 10.6 Å². The molecule has 2 fully saturated rings. The van der Waals surface area contributed by atoms with Crippen LogP contribution in [-0.4, -0.2) is 34.8 Å². The maximum absolute atomic E-state index is 5.73. The van der Waals surface area contributed by atoms with Crippen molar-refractivity contribution in [1.29, 1.82) is 0 Å². The van der Waals surface area contributed by atoms with Gasteiger partial charge in [-0.1, -0.05) is 19.3 Å². The van der Waals surface area contributed by atoms with Crippen LogP contribution in [-0.2, 0) is 0 Å². The Morgan fingerprint density at radius 1 is 1.11 bits per heavy atom. The summed E-state index contributed by atoms with van der Waals surface area (Å²) in [6.07, 6.45) is 8.93. The van der Waals surface area contributed by atoms with E-state index in [1.165, 1.54) is 44.9 Å². The number of anilines is 1. The van der Waals surface area contributed by atoms with E-state index in [9.17, 15) is 0 Å². The molecule has 1 aromatic rings. The van der Waals surface area contributed by atoms with Gasteiger partial charge in [0, 0.05) is 19.0 Å². The molecular weight excluding hydrogens is 238 g/mol. The molecule has 5 nitrogen and oxygen atoms in total. The van der Waals surface area contributed by atoms with Gasteiger partial charge < -0.3 is 10.6 Å². The third-order valence-electron chi connectivity index (χ3n) is 4.71. The van der Waals surface area contributed by atoms with Crippen LogP contribution >= 0.6 is 0 Å². The van der Waals surface area contributed by atoms with Gasteiger partial charge in [-0.25, -0.2) is 0 Å². The molecule has 2 aliphatic rings. The molecule has 106 valence electrons. The summed E-state index contributed by atoms with van der Waals surface area (Å²) < 4.78 is 0. The van der Waals surface area contributed by atoms with Crippen LogP contribution in [0.4, 0.5) is 5.95 Å².